The van der Waals surface area contributed by atoms with E-state index in [0.29, 0.717) is 17.1 Å². The number of nitrogens with zero attached hydrogens (tertiary/aromatic N) is 4. The Morgan fingerprint density at radius 3 is 2.44 bits per heavy atom. The SMILES string of the molecule is CC(=O)NC[C@H]1CN(c2ccc(-c3ccc(N4CCN(C(=O)C(F)(F)F)CC4)nc3)c(F)c2)C(=O)O1. The molecule has 2 aromatic rings. The van der Waals surface area contributed by atoms with Crippen molar-refractivity contribution in [1.29, 1.82) is 0 Å². The molecule has 0 aliphatic carbocycles. The maximum atomic E-state index is 14.9. The molecular weight excluding hydrogens is 486 g/mol. The molecule has 36 heavy (non-hydrogen) atoms. The molecule has 2 saturated heterocycles. The number of rotatable bonds is 5. The monoisotopic (exact) mass is 509 g/mol. The second-order valence-electron chi connectivity index (χ2n) is 8.40. The van der Waals surface area contributed by atoms with E-state index in [0.717, 1.165) is 4.90 Å². The molecule has 1 aromatic heterocycles. The van der Waals surface area contributed by atoms with E-state index in [1.807, 2.05) is 0 Å². The van der Waals surface area contributed by atoms with Gasteiger partial charge in [0.15, 0.2) is 0 Å². The molecule has 192 valence electrons. The van der Waals surface area contributed by atoms with Crippen molar-refractivity contribution in [2.75, 3.05) is 49.1 Å². The molecule has 1 N–H and O–H groups in total. The molecule has 2 fully saturated rings. The number of hydrogen-bond acceptors (Lipinski definition) is 6. The Kier molecular flexibility index (Phi) is 7.00. The van der Waals surface area contributed by atoms with E-state index in [9.17, 15) is 31.9 Å². The zero-order chi connectivity index (χ0) is 26.0. The molecule has 13 heteroatoms. The van der Waals surface area contributed by atoms with Gasteiger partial charge in [0.05, 0.1) is 18.8 Å². The van der Waals surface area contributed by atoms with Crippen LogP contribution in [-0.4, -0.2) is 79.3 Å². The summed E-state index contributed by atoms with van der Waals surface area (Å²) in [6.07, 6.45) is -4.63. The van der Waals surface area contributed by atoms with Gasteiger partial charge >= 0.3 is 18.2 Å². The molecule has 0 spiro atoms. The first-order valence-corrected chi connectivity index (χ1v) is 11.1. The fraction of sp³-hybridized carbons (Fsp3) is 0.391. The Hall–Kier alpha value is -3.90. The molecule has 4 rings (SSSR count). The van der Waals surface area contributed by atoms with Crippen molar-refractivity contribution in [3.63, 3.8) is 0 Å². The maximum absolute atomic E-state index is 14.9. The first-order chi connectivity index (χ1) is 17.0. The summed E-state index contributed by atoms with van der Waals surface area (Å²) in [7, 11) is 0. The summed E-state index contributed by atoms with van der Waals surface area (Å²) in [6, 6.07) is 7.57. The highest BCUT2D eigenvalue weighted by Gasteiger charge is 2.43. The van der Waals surface area contributed by atoms with Crippen molar-refractivity contribution in [3.05, 3.63) is 42.3 Å². The first-order valence-electron chi connectivity index (χ1n) is 11.1. The van der Waals surface area contributed by atoms with Gasteiger partial charge in [0.1, 0.15) is 17.7 Å². The molecular formula is C23H23F4N5O4. The van der Waals surface area contributed by atoms with Gasteiger partial charge in [-0.25, -0.2) is 14.2 Å². The lowest BCUT2D eigenvalue weighted by atomic mass is 10.1. The van der Waals surface area contributed by atoms with Crippen molar-refractivity contribution < 1.29 is 36.7 Å². The van der Waals surface area contributed by atoms with Crippen molar-refractivity contribution in [1.82, 2.24) is 15.2 Å². The third-order valence-electron chi connectivity index (χ3n) is 5.91. The highest BCUT2D eigenvalue weighted by Crippen LogP contribution is 2.30. The molecule has 2 aliphatic rings. The number of nitrogens with one attached hydrogen (secondary N) is 1. The van der Waals surface area contributed by atoms with Crippen molar-refractivity contribution in [2.24, 2.45) is 0 Å². The molecule has 0 radical (unpaired) electrons. The number of carbonyl (C=O) groups is 3. The van der Waals surface area contributed by atoms with Crippen molar-refractivity contribution >= 4 is 29.4 Å². The van der Waals surface area contributed by atoms with Crippen LogP contribution in [0, 0.1) is 5.82 Å². The summed E-state index contributed by atoms with van der Waals surface area (Å²) in [5.74, 6) is -2.19. The standard InChI is InChI=1S/C23H23F4N5O4/c1-14(33)28-12-17-13-32(22(35)36-17)16-3-4-18(19(24)10-16)15-2-5-20(29-11-15)30-6-8-31(9-7-30)21(34)23(25,26)27/h2-5,10-11,17H,6-9,12-13H2,1H3,(H,28,33)/t17-/m0/s1. The lowest BCUT2D eigenvalue weighted by molar-refractivity contribution is -0.185. The van der Waals surface area contributed by atoms with E-state index < -0.39 is 30.1 Å². The van der Waals surface area contributed by atoms with Crippen LogP contribution < -0.4 is 15.1 Å². The number of cyclic esters (lactones) is 1. The van der Waals surface area contributed by atoms with Gasteiger partial charge in [0.2, 0.25) is 5.91 Å². The van der Waals surface area contributed by atoms with Gasteiger partial charge in [-0.05, 0) is 30.3 Å². The van der Waals surface area contributed by atoms with Crippen LogP contribution in [0.3, 0.4) is 0 Å². The van der Waals surface area contributed by atoms with Gasteiger partial charge in [-0.15, -0.1) is 0 Å². The van der Waals surface area contributed by atoms with Crippen molar-refractivity contribution in [3.8, 4) is 11.1 Å². The van der Waals surface area contributed by atoms with Crippen LogP contribution >= 0.6 is 0 Å². The Morgan fingerprint density at radius 1 is 1.14 bits per heavy atom. The molecule has 2 aliphatic heterocycles. The lowest BCUT2D eigenvalue weighted by Crippen LogP contribution is -2.52. The van der Waals surface area contributed by atoms with E-state index in [1.54, 1.807) is 23.1 Å². The summed E-state index contributed by atoms with van der Waals surface area (Å²) in [5, 5.41) is 2.57. The van der Waals surface area contributed by atoms with Crippen LogP contribution in [0.5, 0.6) is 0 Å². The molecule has 3 heterocycles. The second-order valence-corrected chi connectivity index (χ2v) is 8.40. The molecule has 1 atom stereocenters. The number of anilines is 2. The quantitative estimate of drug-likeness (QED) is 0.623. The topological polar surface area (TPSA) is 95.1 Å². The third-order valence-corrected chi connectivity index (χ3v) is 5.91. The number of aromatic nitrogens is 1. The van der Waals surface area contributed by atoms with Gasteiger partial charge < -0.3 is 19.9 Å². The maximum Gasteiger partial charge on any atom is 0.471 e. The number of halogens is 4. The Labute approximate surface area is 203 Å². The number of pyridine rings is 1. The van der Waals surface area contributed by atoms with Crippen LogP contribution in [-0.2, 0) is 14.3 Å². The van der Waals surface area contributed by atoms with E-state index >= 15 is 0 Å². The average Bonchev–Trinajstić information content (AvgIpc) is 3.22. The fourth-order valence-corrected chi connectivity index (χ4v) is 4.05. The lowest BCUT2D eigenvalue weighted by Gasteiger charge is -2.35. The Morgan fingerprint density at radius 2 is 1.86 bits per heavy atom. The summed E-state index contributed by atoms with van der Waals surface area (Å²) < 4.78 is 58.0. The highest BCUT2D eigenvalue weighted by molar-refractivity contribution is 5.90. The van der Waals surface area contributed by atoms with Gasteiger partial charge in [-0.2, -0.15) is 13.2 Å². The van der Waals surface area contributed by atoms with Gasteiger partial charge in [-0.3, -0.25) is 14.5 Å². The fourth-order valence-electron chi connectivity index (χ4n) is 4.05. The highest BCUT2D eigenvalue weighted by atomic mass is 19.4. The van der Waals surface area contributed by atoms with Crippen molar-refractivity contribution in [2.45, 2.75) is 19.2 Å². The van der Waals surface area contributed by atoms with E-state index in [1.165, 1.54) is 30.2 Å². The molecule has 1 aromatic carbocycles. The molecule has 0 bridgehead atoms. The van der Waals surface area contributed by atoms with E-state index in [4.69, 9.17) is 4.74 Å². The largest absolute Gasteiger partial charge is 0.471 e. The second kappa shape index (κ2) is 9.99. The smallest absolute Gasteiger partial charge is 0.442 e. The predicted octanol–water partition coefficient (Wildman–Crippen LogP) is 2.56. The normalized spacial score (nSPS) is 18.3. The average molecular weight is 509 g/mol. The van der Waals surface area contributed by atoms with Crippen LogP contribution in [0.1, 0.15) is 6.92 Å². The number of carbonyl (C=O) groups excluding carboxylic acids is 3. The molecule has 0 saturated carbocycles. The van der Waals surface area contributed by atoms with Crippen LogP contribution in [0.25, 0.3) is 11.1 Å². The minimum Gasteiger partial charge on any atom is -0.442 e. The first kappa shape index (κ1) is 25.2. The van der Waals surface area contributed by atoms with Crippen LogP contribution in [0.15, 0.2) is 36.5 Å². The summed E-state index contributed by atoms with van der Waals surface area (Å²) in [6.45, 7) is 1.88. The van der Waals surface area contributed by atoms with E-state index in [2.05, 4.69) is 10.3 Å². The number of ether oxygens (including phenoxy) is 1. The summed E-state index contributed by atoms with van der Waals surface area (Å²) in [5.41, 5.74) is 1.03. The Bertz CT molecular complexity index is 1150. The Balaban J connectivity index is 1.40. The number of benzene rings is 1. The summed E-state index contributed by atoms with van der Waals surface area (Å²) >= 11 is 0. The minimum atomic E-state index is -4.90. The predicted molar refractivity (Wildman–Crippen MR) is 121 cm³/mol. The molecule has 3 amide bonds. The third kappa shape index (κ3) is 5.50. The number of piperazine rings is 1. The summed E-state index contributed by atoms with van der Waals surface area (Å²) in [4.78, 5) is 42.7. The van der Waals surface area contributed by atoms with Crippen LogP contribution in [0.2, 0.25) is 0 Å². The van der Waals surface area contributed by atoms with Crippen LogP contribution in [0.4, 0.5) is 33.9 Å². The number of amides is 3. The zero-order valence-electron chi connectivity index (χ0n) is 19.2. The van der Waals surface area contributed by atoms with Gasteiger partial charge in [-0.1, -0.05) is 0 Å². The minimum absolute atomic E-state index is 0.0809. The number of hydrogen-bond donors (Lipinski definition) is 1. The number of alkyl halides is 3. The molecule has 9 nitrogen and oxygen atoms in total. The zero-order valence-corrected chi connectivity index (χ0v) is 19.2. The van der Waals surface area contributed by atoms with Gasteiger partial charge in [0.25, 0.3) is 0 Å². The van der Waals surface area contributed by atoms with E-state index in [-0.39, 0.29) is 50.7 Å². The van der Waals surface area contributed by atoms with Gasteiger partial charge in [0, 0.05) is 50.4 Å². The molecule has 0 unspecified atom stereocenters.